The van der Waals surface area contributed by atoms with Crippen LogP contribution in [0.3, 0.4) is 0 Å². The minimum absolute atomic E-state index is 0.0759. The summed E-state index contributed by atoms with van der Waals surface area (Å²) in [6.07, 6.45) is -0.202. The molecule has 0 aromatic heterocycles. The lowest BCUT2D eigenvalue weighted by Gasteiger charge is -2.29. The van der Waals surface area contributed by atoms with Crippen LogP contribution in [0, 0.1) is 17.0 Å². The molecule has 27 heavy (non-hydrogen) atoms. The predicted molar refractivity (Wildman–Crippen MR) is 100 cm³/mol. The number of rotatable bonds is 6. The summed E-state index contributed by atoms with van der Waals surface area (Å²) in [6.45, 7) is 2.72. The quantitative estimate of drug-likeness (QED) is 0.620. The number of aryl methyl sites for hydroxylation is 1. The maximum Gasteiger partial charge on any atom is 0.293 e. The van der Waals surface area contributed by atoms with Gasteiger partial charge in [-0.25, -0.2) is 0 Å². The molecular formula is C19H21N3O5. The first-order chi connectivity index (χ1) is 12.9. The molecule has 2 aromatic rings. The van der Waals surface area contributed by atoms with E-state index in [-0.39, 0.29) is 29.9 Å². The number of nitrogens with one attached hydrogen (secondary N) is 1. The molecule has 0 bridgehead atoms. The lowest BCUT2D eigenvalue weighted by Crippen LogP contribution is -2.42. The summed E-state index contributed by atoms with van der Waals surface area (Å²) in [6, 6.07) is 12.1. The van der Waals surface area contributed by atoms with Crippen molar-refractivity contribution in [3.05, 3.63) is 58.1 Å². The number of hydrogen-bond donors (Lipinski definition) is 1. The summed E-state index contributed by atoms with van der Waals surface area (Å²) in [7, 11) is 1.78. The second kappa shape index (κ2) is 8.05. The van der Waals surface area contributed by atoms with Gasteiger partial charge in [0, 0.05) is 12.6 Å². The number of likely N-dealkylation sites (N-methyl/N-ethyl adjacent to an activating group) is 1. The SMILES string of the molecule is Cc1ccc(NC(=O)CN(C)C[C@@H]2COc3ccccc3O2)c([N+](=O)[O-])c1. The highest BCUT2D eigenvalue weighted by atomic mass is 16.6. The summed E-state index contributed by atoms with van der Waals surface area (Å²) in [5, 5.41) is 13.8. The number of carbonyl (C=O) groups is 1. The Morgan fingerprint density at radius 3 is 2.78 bits per heavy atom. The molecule has 0 fully saturated rings. The lowest BCUT2D eigenvalue weighted by atomic mass is 10.2. The van der Waals surface area contributed by atoms with Crippen LogP contribution < -0.4 is 14.8 Å². The van der Waals surface area contributed by atoms with Gasteiger partial charge >= 0.3 is 0 Å². The smallest absolute Gasteiger partial charge is 0.293 e. The molecule has 0 saturated heterocycles. The second-order valence-electron chi connectivity index (χ2n) is 6.52. The minimum Gasteiger partial charge on any atom is -0.486 e. The van der Waals surface area contributed by atoms with Crippen LogP contribution in [0.4, 0.5) is 11.4 Å². The van der Waals surface area contributed by atoms with E-state index in [0.29, 0.717) is 24.7 Å². The molecule has 1 aliphatic heterocycles. The van der Waals surface area contributed by atoms with E-state index >= 15 is 0 Å². The van der Waals surface area contributed by atoms with Crippen molar-refractivity contribution in [3.63, 3.8) is 0 Å². The van der Waals surface area contributed by atoms with E-state index in [1.807, 2.05) is 24.3 Å². The number of benzene rings is 2. The topological polar surface area (TPSA) is 93.9 Å². The summed E-state index contributed by atoms with van der Waals surface area (Å²) < 4.78 is 11.5. The monoisotopic (exact) mass is 371 g/mol. The van der Waals surface area contributed by atoms with E-state index < -0.39 is 4.92 Å². The summed E-state index contributed by atoms with van der Waals surface area (Å²) in [5.41, 5.74) is 0.827. The number of hydrogen-bond acceptors (Lipinski definition) is 6. The van der Waals surface area contributed by atoms with Crippen LogP contribution in [-0.2, 0) is 4.79 Å². The molecule has 0 radical (unpaired) electrons. The van der Waals surface area contributed by atoms with Crippen LogP contribution >= 0.6 is 0 Å². The fraction of sp³-hybridized carbons (Fsp3) is 0.316. The fourth-order valence-electron chi connectivity index (χ4n) is 2.90. The molecule has 0 unspecified atom stereocenters. The third-order valence-corrected chi connectivity index (χ3v) is 4.12. The van der Waals surface area contributed by atoms with Gasteiger partial charge in [-0.1, -0.05) is 18.2 Å². The lowest BCUT2D eigenvalue weighted by molar-refractivity contribution is -0.384. The van der Waals surface area contributed by atoms with Crippen LogP contribution in [0.15, 0.2) is 42.5 Å². The highest BCUT2D eigenvalue weighted by molar-refractivity contribution is 5.94. The standard InChI is InChI=1S/C19H21N3O5/c1-13-7-8-15(16(9-13)22(24)25)20-19(23)11-21(2)10-14-12-26-17-5-3-4-6-18(17)27-14/h3-9,14H,10-12H2,1-2H3,(H,20,23)/t14-/m1/s1. The van der Waals surface area contributed by atoms with Crippen molar-refractivity contribution < 1.29 is 19.2 Å². The Labute approximate surface area is 156 Å². The van der Waals surface area contributed by atoms with Gasteiger partial charge < -0.3 is 14.8 Å². The van der Waals surface area contributed by atoms with E-state index in [1.165, 1.54) is 6.07 Å². The molecule has 0 saturated carbocycles. The predicted octanol–water partition coefficient (Wildman–Crippen LogP) is 2.61. The number of ether oxygens (including phenoxy) is 2. The van der Waals surface area contributed by atoms with Crippen LogP contribution in [0.2, 0.25) is 0 Å². The minimum atomic E-state index is -0.503. The summed E-state index contributed by atoms with van der Waals surface area (Å²) >= 11 is 0. The third-order valence-electron chi connectivity index (χ3n) is 4.12. The van der Waals surface area contributed by atoms with Crippen molar-refractivity contribution in [3.8, 4) is 11.5 Å². The molecule has 1 heterocycles. The first kappa shape index (κ1) is 18.7. The number of nitrogens with zero attached hydrogens (tertiary/aromatic N) is 2. The van der Waals surface area contributed by atoms with Gasteiger partial charge in [0.05, 0.1) is 11.5 Å². The molecule has 1 aliphatic rings. The number of nitro benzene ring substituents is 1. The Morgan fingerprint density at radius 2 is 2.04 bits per heavy atom. The van der Waals surface area contributed by atoms with Gasteiger partial charge in [-0.05, 0) is 37.7 Å². The van der Waals surface area contributed by atoms with E-state index in [0.717, 1.165) is 5.56 Å². The largest absolute Gasteiger partial charge is 0.486 e. The van der Waals surface area contributed by atoms with E-state index in [1.54, 1.807) is 31.0 Å². The molecule has 142 valence electrons. The van der Waals surface area contributed by atoms with Crippen molar-refractivity contribution in [1.82, 2.24) is 4.90 Å². The second-order valence-corrected chi connectivity index (χ2v) is 6.52. The number of carbonyl (C=O) groups excluding carboxylic acids is 1. The van der Waals surface area contributed by atoms with Gasteiger partial charge in [0.1, 0.15) is 18.4 Å². The Bertz CT molecular complexity index is 855. The Hall–Kier alpha value is -3.13. The van der Waals surface area contributed by atoms with Crippen LogP contribution in [0.1, 0.15) is 5.56 Å². The Kier molecular flexibility index (Phi) is 5.56. The van der Waals surface area contributed by atoms with Crippen molar-refractivity contribution >= 4 is 17.3 Å². The van der Waals surface area contributed by atoms with Gasteiger partial charge in [-0.3, -0.25) is 19.8 Å². The number of para-hydroxylation sites is 2. The van der Waals surface area contributed by atoms with E-state index in [2.05, 4.69) is 5.32 Å². The number of nitro groups is 1. The molecule has 8 nitrogen and oxygen atoms in total. The molecule has 1 amide bonds. The summed E-state index contributed by atoms with van der Waals surface area (Å²) in [4.78, 5) is 24.7. The van der Waals surface area contributed by atoms with Crippen molar-refractivity contribution in [2.75, 3.05) is 32.1 Å². The first-order valence-electron chi connectivity index (χ1n) is 8.54. The first-order valence-corrected chi connectivity index (χ1v) is 8.54. The van der Waals surface area contributed by atoms with Gasteiger partial charge in [0.2, 0.25) is 5.91 Å². The van der Waals surface area contributed by atoms with Crippen molar-refractivity contribution in [2.45, 2.75) is 13.0 Å². The van der Waals surface area contributed by atoms with Crippen LogP contribution in [-0.4, -0.2) is 48.6 Å². The zero-order chi connectivity index (χ0) is 19.4. The van der Waals surface area contributed by atoms with Crippen molar-refractivity contribution in [2.24, 2.45) is 0 Å². The van der Waals surface area contributed by atoms with Crippen LogP contribution in [0.5, 0.6) is 11.5 Å². The average molecular weight is 371 g/mol. The molecular weight excluding hydrogens is 350 g/mol. The number of fused-ring (bicyclic) bond motifs is 1. The van der Waals surface area contributed by atoms with Gasteiger partial charge in [0.25, 0.3) is 5.69 Å². The normalized spacial score (nSPS) is 15.4. The third kappa shape index (κ3) is 4.73. The highest BCUT2D eigenvalue weighted by Gasteiger charge is 2.23. The van der Waals surface area contributed by atoms with Crippen molar-refractivity contribution in [1.29, 1.82) is 0 Å². The molecule has 1 atom stereocenters. The van der Waals surface area contributed by atoms with Gasteiger partial charge in [0.15, 0.2) is 11.5 Å². The molecule has 1 N–H and O–H groups in total. The maximum atomic E-state index is 12.3. The van der Waals surface area contributed by atoms with E-state index in [9.17, 15) is 14.9 Å². The average Bonchev–Trinajstić information content (AvgIpc) is 2.62. The molecule has 0 aliphatic carbocycles. The molecule has 3 rings (SSSR count). The molecule has 0 spiro atoms. The fourth-order valence-corrected chi connectivity index (χ4v) is 2.90. The molecule has 8 heteroatoms. The van der Waals surface area contributed by atoms with Crippen LogP contribution in [0.25, 0.3) is 0 Å². The number of amides is 1. The zero-order valence-corrected chi connectivity index (χ0v) is 15.2. The Balaban J connectivity index is 1.55. The number of anilines is 1. The zero-order valence-electron chi connectivity index (χ0n) is 15.2. The van der Waals surface area contributed by atoms with Gasteiger partial charge in [-0.2, -0.15) is 0 Å². The maximum absolute atomic E-state index is 12.3. The molecule has 2 aromatic carbocycles. The summed E-state index contributed by atoms with van der Waals surface area (Å²) in [5.74, 6) is 1.06. The van der Waals surface area contributed by atoms with Gasteiger partial charge in [-0.15, -0.1) is 0 Å². The van der Waals surface area contributed by atoms with E-state index in [4.69, 9.17) is 9.47 Å². The highest BCUT2D eigenvalue weighted by Crippen LogP contribution is 2.31. The Morgan fingerprint density at radius 1 is 1.30 bits per heavy atom.